The van der Waals surface area contributed by atoms with Gasteiger partial charge < -0.3 is 10.1 Å². The Hall–Kier alpha value is -0.800. The highest BCUT2D eigenvalue weighted by atomic mass is 35.5. The van der Waals surface area contributed by atoms with Gasteiger partial charge in [-0.2, -0.15) is 0 Å². The molecule has 70 valence electrons. The Morgan fingerprint density at radius 3 is 3.00 bits per heavy atom. The Morgan fingerprint density at radius 1 is 1.54 bits per heavy atom. The lowest BCUT2D eigenvalue weighted by atomic mass is 10.1. The van der Waals surface area contributed by atoms with Crippen LogP contribution < -0.4 is 10.1 Å². The van der Waals surface area contributed by atoms with E-state index in [2.05, 4.69) is 10.3 Å². The van der Waals surface area contributed by atoms with Crippen LogP contribution >= 0.6 is 11.6 Å². The van der Waals surface area contributed by atoms with Crippen LogP contribution in [0.3, 0.4) is 0 Å². The molecule has 1 aromatic heterocycles. The minimum atomic E-state index is 0.476. The molecule has 0 bridgehead atoms. The molecular weight excluding hydrogens is 188 g/mol. The molecule has 1 fully saturated rings. The largest absolute Gasteiger partial charge is 0.477 e. The molecule has 1 saturated heterocycles. The summed E-state index contributed by atoms with van der Waals surface area (Å²) in [6.07, 6.45) is 0. The van der Waals surface area contributed by atoms with Gasteiger partial charge >= 0.3 is 0 Å². The second kappa shape index (κ2) is 3.94. The highest BCUT2D eigenvalue weighted by Gasteiger charge is 2.17. The Bertz CT molecular complexity index is 289. The highest BCUT2D eigenvalue weighted by Crippen LogP contribution is 2.13. The second-order valence-corrected chi connectivity index (χ2v) is 3.52. The van der Waals surface area contributed by atoms with Crippen molar-refractivity contribution in [3.8, 4) is 5.88 Å². The lowest BCUT2D eigenvalue weighted by Crippen LogP contribution is -2.45. The summed E-state index contributed by atoms with van der Waals surface area (Å²) in [4.78, 5) is 4.03. The van der Waals surface area contributed by atoms with Crippen LogP contribution in [0, 0.1) is 5.92 Å². The quantitative estimate of drug-likeness (QED) is 0.745. The number of pyridine rings is 1. The number of aromatic nitrogens is 1. The maximum absolute atomic E-state index is 5.70. The zero-order chi connectivity index (χ0) is 9.10. The Labute approximate surface area is 82.1 Å². The average molecular weight is 199 g/mol. The van der Waals surface area contributed by atoms with Gasteiger partial charge in [0.05, 0.1) is 6.61 Å². The van der Waals surface area contributed by atoms with E-state index < -0.39 is 0 Å². The van der Waals surface area contributed by atoms with Gasteiger partial charge in [0, 0.05) is 25.1 Å². The van der Waals surface area contributed by atoms with Crippen LogP contribution in [-0.2, 0) is 0 Å². The third-order valence-corrected chi connectivity index (χ3v) is 2.23. The summed E-state index contributed by atoms with van der Waals surface area (Å²) in [6.45, 7) is 2.81. The molecule has 0 unspecified atom stereocenters. The van der Waals surface area contributed by atoms with Gasteiger partial charge in [-0.05, 0) is 6.07 Å². The minimum Gasteiger partial charge on any atom is -0.477 e. The first-order chi connectivity index (χ1) is 6.34. The van der Waals surface area contributed by atoms with Gasteiger partial charge in [-0.1, -0.05) is 17.7 Å². The summed E-state index contributed by atoms with van der Waals surface area (Å²) in [6, 6.07) is 5.39. The monoisotopic (exact) mass is 198 g/mol. The van der Waals surface area contributed by atoms with Crippen molar-refractivity contribution in [2.45, 2.75) is 0 Å². The fourth-order valence-electron chi connectivity index (χ4n) is 1.14. The zero-order valence-electron chi connectivity index (χ0n) is 7.16. The van der Waals surface area contributed by atoms with Crippen LogP contribution in [0.15, 0.2) is 18.2 Å². The van der Waals surface area contributed by atoms with Crippen molar-refractivity contribution in [3.05, 3.63) is 23.4 Å². The predicted molar refractivity (Wildman–Crippen MR) is 51.1 cm³/mol. The smallest absolute Gasteiger partial charge is 0.214 e. The molecule has 1 N–H and O–H groups in total. The van der Waals surface area contributed by atoms with E-state index >= 15 is 0 Å². The molecule has 2 heterocycles. The van der Waals surface area contributed by atoms with E-state index in [0.717, 1.165) is 19.7 Å². The van der Waals surface area contributed by atoms with E-state index in [9.17, 15) is 0 Å². The maximum atomic E-state index is 5.70. The summed E-state index contributed by atoms with van der Waals surface area (Å²) in [5.74, 6) is 1.24. The number of rotatable bonds is 3. The van der Waals surface area contributed by atoms with Crippen molar-refractivity contribution in [1.82, 2.24) is 10.3 Å². The standard InChI is InChI=1S/C9H11ClN2O/c10-8-2-1-3-9(12-8)13-6-7-4-11-5-7/h1-3,7,11H,4-6H2. The van der Waals surface area contributed by atoms with Crippen molar-refractivity contribution in [1.29, 1.82) is 0 Å². The van der Waals surface area contributed by atoms with Gasteiger partial charge in [0.15, 0.2) is 0 Å². The first kappa shape index (κ1) is 8.78. The van der Waals surface area contributed by atoms with Crippen LogP contribution in [0.4, 0.5) is 0 Å². The lowest BCUT2D eigenvalue weighted by molar-refractivity contribution is 0.193. The summed E-state index contributed by atoms with van der Waals surface area (Å²) >= 11 is 5.70. The van der Waals surface area contributed by atoms with E-state index in [-0.39, 0.29) is 0 Å². The first-order valence-electron chi connectivity index (χ1n) is 4.30. The molecule has 1 aliphatic heterocycles. The summed E-state index contributed by atoms with van der Waals surface area (Å²) in [7, 11) is 0. The number of nitrogens with zero attached hydrogens (tertiary/aromatic N) is 1. The Morgan fingerprint density at radius 2 is 2.38 bits per heavy atom. The third-order valence-electron chi connectivity index (χ3n) is 2.02. The van der Waals surface area contributed by atoms with E-state index in [4.69, 9.17) is 16.3 Å². The maximum Gasteiger partial charge on any atom is 0.214 e. The number of halogens is 1. The van der Waals surface area contributed by atoms with Gasteiger partial charge in [0.1, 0.15) is 5.15 Å². The molecule has 1 aromatic rings. The lowest BCUT2D eigenvalue weighted by Gasteiger charge is -2.26. The first-order valence-corrected chi connectivity index (χ1v) is 4.68. The molecule has 0 atom stereocenters. The molecule has 1 aliphatic rings. The SMILES string of the molecule is Clc1cccc(OCC2CNC2)n1. The number of hydrogen-bond acceptors (Lipinski definition) is 3. The molecule has 0 aliphatic carbocycles. The fourth-order valence-corrected chi connectivity index (χ4v) is 1.30. The van der Waals surface area contributed by atoms with E-state index in [0.29, 0.717) is 17.0 Å². The summed E-state index contributed by atoms with van der Waals surface area (Å²) in [5.41, 5.74) is 0. The van der Waals surface area contributed by atoms with Gasteiger partial charge in [0.25, 0.3) is 0 Å². The van der Waals surface area contributed by atoms with Crippen molar-refractivity contribution in [3.63, 3.8) is 0 Å². The molecular formula is C9H11ClN2O. The molecule has 13 heavy (non-hydrogen) atoms. The number of nitrogens with one attached hydrogen (secondary N) is 1. The van der Waals surface area contributed by atoms with Crippen LogP contribution in [0.1, 0.15) is 0 Å². The number of hydrogen-bond donors (Lipinski definition) is 1. The van der Waals surface area contributed by atoms with Gasteiger partial charge in [-0.15, -0.1) is 0 Å². The summed E-state index contributed by atoms with van der Waals surface area (Å²) in [5, 5.41) is 3.66. The molecule has 3 nitrogen and oxygen atoms in total. The van der Waals surface area contributed by atoms with Gasteiger partial charge in [-0.25, -0.2) is 4.98 Å². The van der Waals surface area contributed by atoms with E-state index in [1.807, 2.05) is 12.1 Å². The molecule has 4 heteroatoms. The normalized spacial score (nSPS) is 16.7. The predicted octanol–water partition coefficient (Wildman–Crippen LogP) is 1.33. The molecule has 2 rings (SSSR count). The molecule has 0 amide bonds. The van der Waals surface area contributed by atoms with E-state index in [1.165, 1.54) is 0 Å². The van der Waals surface area contributed by atoms with Crippen LogP contribution in [0.5, 0.6) is 5.88 Å². The van der Waals surface area contributed by atoms with Crippen molar-refractivity contribution in [2.24, 2.45) is 5.92 Å². The van der Waals surface area contributed by atoms with Crippen molar-refractivity contribution in [2.75, 3.05) is 19.7 Å². The second-order valence-electron chi connectivity index (χ2n) is 3.13. The fraction of sp³-hybridized carbons (Fsp3) is 0.444. The third kappa shape index (κ3) is 2.32. The number of ether oxygens (including phenoxy) is 1. The van der Waals surface area contributed by atoms with Gasteiger partial charge in [0.2, 0.25) is 5.88 Å². The summed E-state index contributed by atoms with van der Waals surface area (Å²) < 4.78 is 5.46. The van der Waals surface area contributed by atoms with E-state index in [1.54, 1.807) is 6.07 Å². The Balaban J connectivity index is 1.86. The Kier molecular flexibility index (Phi) is 2.66. The zero-order valence-corrected chi connectivity index (χ0v) is 7.92. The average Bonchev–Trinajstić information content (AvgIpc) is 2.01. The van der Waals surface area contributed by atoms with Crippen molar-refractivity contribution >= 4 is 11.6 Å². The molecule has 0 aromatic carbocycles. The van der Waals surface area contributed by atoms with Gasteiger partial charge in [-0.3, -0.25) is 0 Å². The topological polar surface area (TPSA) is 34.1 Å². The van der Waals surface area contributed by atoms with Crippen LogP contribution in [-0.4, -0.2) is 24.7 Å². The molecule has 0 radical (unpaired) electrons. The van der Waals surface area contributed by atoms with Crippen LogP contribution in [0.25, 0.3) is 0 Å². The highest BCUT2D eigenvalue weighted by molar-refractivity contribution is 6.29. The minimum absolute atomic E-state index is 0.476. The molecule has 0 spiro atoms. The van der Waals surface area contributed by atoms with Crippen molar-refractivity contribution < 1.29 is 4.74 Å². The van der Waals surface area contributed by atoms with Crippen LogP contribution in [0.2, 0.25) is 5.15 Å². The molecule has 0 saturated carbocycles.